The third-order valence-corrected chi connectivity index (χ3v) is 6.35. The number of carboxylic acids is 1. The number of hydrogen-bond acceptors (Lipinski definition) is 4. The summed E-state index contributed by atoms with van der Waals surface area (Å²) >= 11 is 0. The van der Waals surface area contributed by atoms with Gasteiger partial charge in [0.25, 0.3) is 11.5 Å². The first-order chi connectivity index (χ1) is 17.9. The number of carbonyl (C=O) groups excluding carboxylic acids is 2. The van der Waals surface area contributed by atoms with Gasteiger partial charge in [-0.15, -0.1) is 0 Å². The van der Waals surface area contributed by atoms with Crippen LogP contribution in [0.4, 0.5) is 13.2 Å². The number of nitrogens with one attached hydrogen (secondary N) is 2. The van der Waals surface area contributed by atoms with E-state index in [-0.39, 0.29) is 28.9 Å². The normalized spacial score (nSPS) is 12.3. The molecule has 38 heavy (non-hydrogen) atoms. The predicted molar refractivity (Wildman–Crippen MR) is 133 cm³/mol. The fraction of sp³-hybridized carbons (Fsp3) is 0.185. The lowest BCUT2D eigenvalue weighted by molar-refractivity contribution is -0.139. The number of nitrogens with zero attached hydrogens (tertiary/aromatic N) is 1. The number of hydrogen-bond donors (Lipinski definition) is 3. The van der Waals surface area contributed by atoms with Gasteiger partial charge in [0, 0.05) is 30.1 Å². The van der Waals surface area contributed by atoms with E-state index in [0.29, 0.717) is 22.8 Å². The van der Waals surface area contributed by atoms with Crippen molar-refractivity contribution in [3.63, 3.8) is 0 Å². The van der Waals surface area contributed by atoms with E-state index in [1.807, 2.05) is 0 Å². The van der Waals surface area contributed by atoms with Crippen LogP contribution >= 0.6 is 0 Å². The van der Waals surface area contributed by atoms with E-state index in [1.54, 1.807) is 24.3 Å². The average Bonchev–Trinajstić information content (AvgIpc) is 3.25. The lowest BCUT2D eigenvalue weighted by atomic mass is 9.97. The first-order valence-electron chi connectivity index (χ1n) is 11.4. The van der Waals surface area contributed by atoms with Crippen molar-refractivity contribution in [1.29, 1.82) is 0 Å². The Morgan fingerprint density at radius 1 is 1.13 bits per heavy atom. The molecule has 0 saturated carbocycles. The van der Waals surface area contributed by atoms with Crippen molar-refractivity contribution in [2.75, 3.05) is 0 Å². The molecule has 1 amide bonds. The van der Waals surface area contributed by atoms with Crippen molar-refractivity contribution >= 4 is 29.1 Å². The van der Waals surface area contributed by atoms with Gasteiger partial charge in [0.2, 0.25) is 0 Å². The highest BCUT2D eigenvalue weighted by molar-refractivity contribution is 6.10. The molecular formula is C27H22F3N3O5. The maximum Gasteiger partial charge on any atom is 0.417 e. The molecule has 2 aromatic heterocycles. The Morgan fingerprint density at radius 3 is 2.39 bits per heavy atom. The number of rotatable bonds is 7. The van der Waals surface area contributed by atoms with Crippen molar-refractivity contribution in [3.8, 4) is 11.1 Å². The molecule has 1 unspecified atom stereocenters. The number of amides is 1. The monoisotopic (exact) mass is 525 g/mol. The molecule has 0 fully saturated rings. The number of halogens is 3. The summed E-state index contributed by atoms with van der Waals surface area (Å²) < 4.78 is 42.1. The van der Waals surface area contributed by atoms with Crippen LogP contribution in [-0.4, -0.2) is 38.9 Å². The van der Waals surface area contributed by atoms with E-state index in [1.165, 1.54) is 38.2 Å². The number of para-hydroxylation sites is 1. The summed E-state index contributed by atoms with van der Waals surface area (Å²) in [5.41, 5.74) is -1.30. The molecule has 8 nitrogen and oxygen atoms in total. The van der Waals surface area contributed by atoms with E-state index in [0.717, 1.165) is 10.6 Å². The van der Waals surface area contributed by atoms with Gasteiger partial charge in [-0.1, -0.05) is 42.5 Å². The Hall–Kier alpha value is -4.67. The van der Waals surface area contributed by atoms with E-state index >= 15 is 0 Å². The molecule has 0 radical (unpaired) electrons. The van der Waals surface area contributed by atoms with Gasteiger partial charge < -0.3 is 20.0 Å². The third-order valence-electron chi connectivity index (χ3n) is 6.35. The van der Waals surface area contributed by atoms with Gasteiger partial charge in [-0.05, 0) is 30.2 Å². The van der Waals surface area contributed by atoms with Crippen molar-refractivity contribution in [3.05, 3.63) is 93.0 Å². The Morgan fingerprint density at radius 2 is 1.79 bits per heavy atom. The summed E-state index contributed by atoms with van der Waals surface area (Å²) in [4.78, 5) is 51.9. The first kappa shape index (κ1) is 26.4. The number of aldehydes is 1. The minimum atomic E-state index is -4.76. The van der Waals surface area contributed by atoms with Gasteiger partial charge in [0.05, 0.1) is 16.7 Å². The molecule has 3 N–H and O–H groups in total. The molecule has 4 rings (SSSR count). The lowest BCUT2D eigenvalue weighted by Crippen LogP contribution is -2.42. The van der Waals surface area contributed by atoms with E-state index in [9.17, 15) is 37.5 Å². The highest BCUT2D eigenvalue weighted by Crippen LogP contribution is 2.36. The fourth-order valence-electron chi connectivity index (χ4n) is 4.26. The highest BCUT2D eigenvalue weighted by Gasteiger charge is 2.36. The number of aromatic amines is 1. The Bertz CT molecular complexity index is 1620. The van der Waals surface area contributed by atoms with Crippen molar-refractivity contribution in [2.45, 2.75) is 25.6 Å². The van der Waals surface area contributed by atoms with E-state index < -0.39 is 40.8 Å². The standard InChI is InChI=1S/C27H22F3N3O5/c1-14-11-19(27(28,29)30)22(25(36)33(14)2)16-9-7-15(8-10-16)12-21(26(37)38)32-24(35)23-18(13-34)17-5-3-4-6-20(17)31-23/h3-11,13,21,31H,12H2,1-2H3,(H,32,35)(H,37,38). The SMILES string of the molecule is Cc1cc(C(F)(F)F)c(-c2ccc(CC(NC(=O)c3[nH]c4ccccc4c3C=O)C(=O)O)cc2)c(=O)n1C. The molecule has 2 heterocycles. The van der Waals surface area contributed by atoms with Crippen LogP contribution in [0.1, 0.15) is 37.7 Å². The van der Waals surface area contributed by atoms with Gasteiger partial charge in [-0.2, -0.15) is 13.2 Å². The molecule has 196 valence electrons. The maximum absolute atomic E-state index is 13.7. The van der Waals surface area contributed by atoms with Crippen LogP contribution in [-0.2, 0) is 24.4 Å². The number of H-pyrrole nitrogens is 1. The number of carbonyl (C=O) groups is 3. The van der Waals surface area contributed by atoms with Crippen molar-refractivity contribution < 1.29 is 32.7 Å². The fourth-order valence-corrected chi connectivity index (χ4v) is 4.26. The number of carboxylic acid groups (broad SMARTS) is 1. The van der Waals surface area contributed by atoms with E-state index in [2.05, 4.69) is 10.3 Å². The first-order valence-corrected chi connectivity index (χ1v) is 11.4. The molecule has 0 aliphatic carbocycles. The zero-order valence-corrected chi connectivity index (χ0v) is 20.2. The molecule has 0 aliphatic heterocycles. The largest absolute Gasteiger partial charge is 0.480 e. The van der Waals surface area contributed by atoms with Gasteiger partial charge >= 0.3 is 12.1 Å². The number of benzene rings is 2. The van der Waals surface area contributed by atoms with Crippen molar-refractivity contribution in [1.82, 2.24) is 14.9 Å². The predicted octanol–water partition coefficient (Wildman–Crippen LogP) is 4.10. The highest BCUT2D eigenvalue weighted by atomic mass is 19.4. The van der Waals surface area contributed by atoms with Crippen molar-refractivity contribution in [2.24, 2.45) is 7.05 Å². The summed E-state index contributed by atoms with van der Waals surface area (Å²) in [6.45, 7) is 1.40. The second kappa shape index (κ2) is 10.0. The van der Waals surface area contributed by atoms with Crippen LogP contribution in [0, 0.1) is 6.92 Å². The molecule has 0 saturated heterocycles. The van der Waals surface area contributed by atoms with Crippen LogP contribution in [0.15, 0.2) is 59.4 Å². The third kappa shape index (κ3) is 4.95. The molecule has 0 spiro atoms. The number of aliphatic carboxylic acids is 1. The molecule has 0 bridgehead atoms. The van der Waals surface area contributed by atoms with Gasteiger partial charge in [-0.25, -0.2) is 4.79 Å². The average molecular weight is 525 g/mol. The second-order valence-electron chi connectivity index (χ2n) is 8.78. The van der Waals surface area contributed by atoms with Crippen LogP contribution in [0.5, 0.6) is 0 Å². The van der Waals surface area contributed by atoms with Crippen LogP contribution in [0.25, 0.3) is 22.0 Å². The Kier molecular flexibility index (Phi) is 6.95. The van der Waals surface area contributed by atoms with Crippen LogP contribution in [0.3, 0.4) is 0 Å². The van der Waals surface area contributed by atoms with E-state index in [4.69, 9.17) is 0 Å². The number of fused-ring (bicyclic) bond motifs is 1. The van der Waals surface area contributed by atoms with Gasteiger partial charge in [0.1, 0.15) is 11.7 Å². The molecular weight excluding hydrogens is 503 g/mol. The quantitative estimate of drug-likeness (QED) is 0.314. The number of aryl methyl sites for hydroxylation is 1. The van der Waals surface area contributed by atoms with Crippen LogP contribution < -0.4 is 10.9 Å². The topological polar surface area (TPSA) is 121 Å². The minimum absolute atomic E-state index is 0.0197. The van der Waals surface area contributed by atoms with Gasteiger partial charge in [0.15, 0.2) is 6.29 Å². The number of alkyl halides is 3. The second-order valence-corrected chi connectivity index (χ2v) is 8.78. The zero-order valence-electron chi connectivity index (χ0n) is 20.2. The smallest absolute Gasteiger partial charge is 0.417 e. The number of aromatic nitrogens is 2. The zero-order chi connectivity index (χ0) is 27.8. The van der Waals surface area contributed by atoms with Gasteiger partial charge in [-0.3, -0.25) is 14.4 Å². The molecule has 1 atom stereocenters. The maximum atomic E-state index is 13.7. The minimum Gasteiger partial charge on any atom is -0.480 e. The summed E-state index contributed by atoms with van der Waals surface area (Å²) in [5, 5.41) is 12.6. The lowest BCUT2D eigenvalue weighted by Gasteiger charge is -2.17. The summed E-state index contributed by atoms with van der Waals surface area (Å²) in [6.07, 6.45) is -4.45. The molecule has 0 aliphatic rings. The van der Waals surface area contributed by atoms with Crippen LogP contribution in [0.2, 0.25) is 0 Å². The summed E-state index contributed by atoms with van der Waals surface area (Å²) in [7, 11) is 1.37. The molecule has 4 aromatic rings. The Labute approximate surface area is 213 Å². The number of pyridine rings is 1. The summed E-state index contributed by atoms with van der Waals surface area (Å²) in [5.74, 6) is -2.15. The molecule has 2 aromatic carbocycles. The molecule has 11 heteroatoms. The Balaban J connectivity index is 1.61. The summed E-state index contributed by atoms with van der Waals surface area (Å²) in [6, 6.07) is 11.6.